The normalized spacial score (nSPS) is 15.2. The third-order valence-electron chi connectivity index (χ3n) is 5.02. The molecule has 0 saturated carbocycles. The number of amides is 2. The summed E-state index contributed by atoms with van der Waals surface area (Å²) < 4.78 is 5.56. The summed E-state index contributed by atoms with van der Waals surface area (Å²) in [6.07, 6.45) is 1.57. The summed E-state index contributed by atoms with van der Waals surface area (Å²) in [5, 5.41) is 2.87. The number of hydrogen-bond donors (Lipinski definition) is 2. The van der Waals surface area contributed by atoms with Gasteiger partial charge in [-0.15, -0.1) is 0 Å². The first-order valence-corrected chi connectivity index (χ1v) is 9.70. The van der Waals surface area contributed by atoms with E-state index in [2.05, 4.69) is 22.3 Å². The first kappa shape index (κ1) is 19.9. The fraction of sp³-hybridized carbons (Fsp3) is 0.364. The van der Waals surface area contributed by atoms with Crippen molar-refractivity contribution in [1.29, 1.82) is 0 Å². The number of carbonyl (C=O) groups excluding carboxylic acids is 2. The third kappa shape index (κ3) is 5.10. The Kier molecular flexibility index (Phi) is 6.66. The van der Waals surface area contributed by atoms with Crippen LogP contribution in [0.3, 0.4) is 0 Å². The molecule has 3 rings (SSSR count). The van der Waals surface area contributed by atoms with Crippen LogP contribution in [0.1, 0.15) is 35.7 Å². The SMILES string of the molecule is CCOc1cccc(CN2CCC(C(=O)Nc3ccccc3C(N)=O)CC2)c1. The van der Waals surface area contributed by atoms with Crippen molar-refractivity contribution >= 4 is 17.5 Å². The Morgan fingerprint density at radius 3 is 2.61 bits per heavy atom. The van der Waals surface area contributed by atoms with Gasteiger partial charge in [-0.1, -0.05) is 24.3 Å². The highest BCUT2D eigenvalue weighted by atomic mass is 16.5. The number of rotatable bonds is 7. The second-order valence-electron chi connectivity index (χ2n) is 7.03. The smallest absolute Gasteiger partial charge is 0.250 e. The maximum Gasteiger partial charge on any atom is 0.250 e. The third-order valence-corrected chi connectivity index (χ3v) is 5.02. The second-order valence-corrected chi connectivity index (χ2v) is 7.03. The number of piperidine rings is 1. The molecule has 0 atom stereocenters. The Hall–Kier alpha value is -2.86. The Morgan fingerprint density at radius 1 is 1.14 bits per heavy atom. The van der Waals surface area contributed by atoms with Gasteiger partial charge >= 0.3 is 0 Å². The maximum absolute atomic E-state index is 12.6. The summed E-state index contributed by atoms with van der Waals surface area (Å²) in [7, 11) is 0. The van der Waals surface area contributed by atoms with Crippen LogP contribution in [0.5, 0.6) is 5.75 Å². The number of carbonyl (C=O) groups is 2. The minimum atomic E-state index is -0.542. The molecule has 1 saturated heterocycles. The van der Waals surface area contributed by atoms with E-state index in [1.807, 2.05) is 19.1 Å². The summed E-state index contributed by atoms with van der Waals surface area (Å²) >= 11 is 0. The quantitative estimate of drug-likeness (QED) is 0.772. The number of hydrogen-bond acceptors (Lipinski definition) is 4. The van der Waals surface area contributed by atoms with Crippen LogP contribution in [0.25, 0.3) is 0 Å². The summed E-state index contributed by atoms with van der Waals surface area (Å²) in [5.74, 6) is 0.237. The van der Waals surface area contributed by atoms with Gasteiger partial charge in [0.05, 0.1) is 17.9 Å². The average Bonchev–Trinajstić information content (AvgIpc) is 2.69. The second kappa shape index (κ2) is 9.37. The number of benzene rings is 2. The molecule has 6 nitrogen and oxygen atoms in total. The predicted molar refractivity (Wildman–Crippen MR) is 109 cm³/mol. The van der Waals surface area contributed by atoms with Crippen LogP contribution in [-0.2, 0) is 11.3 Å². The van der Waals surface area contributed by atoms with Gasteiger partial charge in [-0.3, -0.25) is 14.5 Å². The van der Waals surface area contributed by atoms with E-state index in [1.165, 1.54) is 5.56 Å². The number of para-hydroxylation sites is 1. The Balaban J connectivity index is 1.53. The summed E-state index contributed by atoms with van der Waals surface area (Å²) in [6, 6.07) is 15.0. The van der Waals surface area contributed by atoms with Crippen LogP contribution in [-0.4, -0.2) is 36.4 Å². The minimum Gasteiger partial charge on any atom is -0.494 e. The Labute approximate surface area is 165 Å². The van der Waals surface area contributed by atoms with Crippen LogP contribution in [0, 0.1) is 5.92 Å². The fourth-order valence-corrected chi connectivity index (χ4v) is 3.55. The van der Waals surface area contributed by atoms with Crippen molar-refractivity contribution in [3.05, 3.63) is 59.7 Å². The van der Waals surface area contributed by atoms with Crippen molar-refractivity contribution in [1.82, 2.24) is 4.90 Å². The minimum absolute atomic E-state index is 0.0494. The summed E-state index contributed by atoms with van der Waals surface area (Å²) in [6.45, 7) is 5.19. The summed E-state index contributed by atoms with van der Waals surface area (Å²) in [4.78, 5) is 26.5. The predicted octanol–water partition coefficient (Wildman–Crippen LogP) is 3.03. The molecule has 1 fully saturated rings. The molecule has 28 heavy (non-hydrogen) atoms. The molecule has 1 heterocycles. The molecular formula is C22H27N3O3. The van der Waals surface area contributed by atoms with Gasteiger partial charge in [0.2, 0.25) is 5.91 Å². The Morgan fingerprint density at radius 2 is 1.89 bits per heavy atom. The molecule has 2 amide bonds. The van der Waals surface area contributed by atoms with Crippen molar-refractivity contribution in [3.8, 4) is 5.75 Å². The number of primary amides is 1. The van der Waals surface area contributed by atoms with Gasteiger partial charge in [-0.2, -0.15) is 0 Å². The number of anilines is 1. The Bertz CT molecular complexity index is 829. The molecule has 0 aliphatic carbocycles. The van der Waals surface area contributed by atoms with E-state index >= 15 is 0 Å². The van der Waals surface area contributed by atoms with E-state index in [0.29, 0.717) is 17.9 Å². The van der Waals surface area contributed by atoms with Crippen LogP contribution >= 0.6 is 0 Å². The molecule has 0 aromatic heterocycles. The number of likely N-dealkylation sites (tertiary alicyclic amines) is 1. The number of nitrogens with zero attached hydrogens (tertiary/aromatic N) is 1. The average molecular weight is 381 g/mol. The lowest BCUT2D eigenvalue weighted by atomic mass is 9.95. The zero-order chi connectivity index (χ0) is 19.9. The van der Waals surface area contributed by atoms with Crippen molar-refractivity contribution in [2.75, 3.05) is 25.0 Å². The largest absolute Gasteiger partial charge is 0.494 e. The standard InChI is InChI=1S/C22H27N3O3/c1-2-28-18-7-5-6-16(14-18)15-25-12-10-17(11-13-25)22(27)24-20-9-4-3-8-19(20)21(23)26/h3-9,14,17H,2,10-13,15H2,1H3,(H2,23,26)(H,24,27). The molecule has 2 aromatic carbocycles. The van der Waals surface area contributed by atoms with Gasteiger partial charge in [0.25, 0.3) is 5.91 Å². The van der Waals surface area contributed by atoms with E-state index in [0.717, 1.165) is 38.2 Å². The highest BCUT2D eigenvalue weighted by Crippen LogP contribution is 2.23. The van der Waals surface area contributed by atoms with Crippen LogP contribution < -0.4 is 15.8 Å². The van der Waals surface area contributed by atoms with Gasteiger partial charge in [-0.05, 0) is 62.7 Å². The molecular weight excluding hydrogens is 354 g/mol. The van der Waals surface area contributed by atoms with E-state index in [9.17, 15) is 9.59 Å². The monoisotopic (exact) mass is 381 g/mol. The number of ether oxygens (including phenoxy) is 1. The van der Waals surface area contributed by atoms with E-state index in [4.69, 9.17) is 10.5 Å². The molecule has 6 heteroatoms. The van der Waals surface area contributed by atoms with Crippen molar-refractivity contribution in [2.24, 2.45) is 11.7 Å². The molecule has 0 bridgehead atoms. The van der Waals surface area contributed by atoms with Crippen molar-refractivity contribution in [2.45, 2.75) is 26.3 Å². The fourth-order valence-electron chi connectivity index (χ4n) is 3.55. The van der Waals surface area contributed by atoms with Gasteiger partial charge in [-0.25, -0.2) is 0 Å². The maximum atomic E-state index is 12.6. The van der Waals surface area contributed by atoms with Crippen LogP contribution in [0.15, 0.2) is 48.5 Å². The first-order valence-electron chi connectivity index (χ1n) is 9.70. The van der Waals surface area contributed by atoms with Crippen LogP contribution in [0.4, 0.5) is 5.69 Å². The molecule has 3 N–H and O–H groups in total. The highest BCUT2D eigenvalue weighted by Gasteiger charge is 2.25. The lowest BCUT2D eigenvalue weighted by molar-refractivity contribution is -0.121. The van der Waals surface area contributed by atoms with E-state index in [1.54, 1.807) is 24.3 Å². The number of nitrogens with two attached hydrogens (primary N) is 1. The van der Waals surface area contributed by atoms with Gasteiger partial charge in [0, 0.05) is 12.5 Å². The molecule has 148 valence electrons. The highest BCUT2D eigenvalue weighted by molar-refractivity contribution is 6.03. The summed E-state index contributed by atoms with van der Waals surface area (Å²) in [5.41, 5.74) is 7.41. The van der Waals surface area contributed by atoms with Crippen molar-refractivity contribution < 1.29 is 14.3 Å². The van der Waals surface area contributed by atoms with Gasteiger partial charge in [0.15, 0.2) is 0 Å². The zero-order valence-corrected chi connectivity index (χ0v) is 16.2. The molecule has 0 radical (unpaired) electrons. The van der Waals surface area contributed by atoms with E-state index in [-0.39, 0.29) is 11.8 Å². The van der Waals surface area contributed by atoms with Gasteiger partial charge in [0.1, 0.15) is 5.75 Å². The van der Waals surface area contributed by atoms with Gasteiger partial charge < -0.3 is 15.8 Å². The van der Waals surface area contributed by atoms with E-state index < -0.39 is 5.91 Å². The molecule has 0 spiro atoms. The molecule has 2 aromatic rings. The topological polar surface area (TPSA) is 84.7 Å². The van der Waals surface area contributed by atoms with Crippen molar-refractivity contribution in [3.63, 3.8) is 0 Å². The lowest BCUT2D eigenvalue weighted by Crippen LogP contribution is -2.38. The molecule has 1 aliphatic rings. The molecule has 1 aliphatic heterocycles. The molecule has 0 unspecified atom stereocenters. The van der Waals surface area contributed by atoms with Crippen LogP contribution in [0.2, 0.25) is 0 Å². The first-order chi connectivity index (χ1) is 13.6. The lowest BCUT2D eigenvalue weighted by Gasteiger charge is -2.31. The zero-order valence-electron chi connectivity index (χ0n) is 16.2. The number of nitrogens with one attached hydrogen (secondary N) is 1.